The molecule has 2 bridgehead atoms. The first-order valence-electron chi connectivity index (χ1n) is 7.71. The lowest BCUT2D eigenvalue weighted by atomic mass is 9.91. The normalized spacial score (nSPS) is 29.6. The average molecular weight is 288 g/mol. The molecule has 1 saturated heterocycles. The fourth-order valence-electron chi connectivity index (χ4n) is 4.31. The second kappa shape index (κ2) is 3.99. The second-order valence-electron chi connectivity index (χ2n) is 6.58. The molecule has 20 heavy (non-hydrogen) atoms. The molecule has 3 heterocycles. The minimum Gasteiger partial charge on any atom is -0.326 e. The minimum atomic E-state index is 0.625. The van der Waals surface area contributed by atoms with Gasteiger partial charge in [0.15, 0.2) is 0 Å². The smallest absolute Gasteiger partial charge is 0.114 e. The largest absolute Gasteiger partial charge is 0.326 e. The van der Waals surface area contributed by atoms with Crippen LogP contribution in [0.2, 0.25) is 5.02 Å². The van der Waals surface area contributed by atoms with Crippen LogP contribution in [0.25, 0.3) is 11.0 Å². The highest BCUT2D eigenvalue weighted by Gasteiger charge is 2.44. The molecule has 4 heteroatoms. The summed E-state index contributed by atoms with van der Waals surface area (Å²) in [6.45, 7) is 2.33. The van der Waals surface area contributed by atoms with E-state index in [9.17, 15) is 0 Å². The summed E-state index contributed by atoms with van der Waals surface area (Å²) in [6.07, 6.45) is 5.53. The van der Waals surface area contributed by atoms with E-state index in [0.717, 1.165) is 29.2 Å². The SMILES string of the molecule is Clc1ccc2c(c1)nc1n2CC2CC1CN2C1CCC1. The molecule has 1 saturated carbocycles. The maximum Gasteiger partial charge on any atom is 0.114 e. The van der Waals surface area contributed by atoms with E-state index < -0.39 is 0 Å². The van der Waals surface area contributed by atoms with Crippen LogP contribution in [0.4, 0.5) is 0 Å². The van der Waals surface area contributed by atoms with Crippen LogP contribution < -0.4 is 0 Å². The third-order valence-electron chi connectivity index (χ3n) is 5.50. The molecule has 0 N–H and O–H groups in total. The fourth-order valence-corrected chi connectivity index (χ4v) is 4.48. The lowest BCUT2D eigenvalue weighted by molar-refractivity contribution is 0.108. The molecule has 2 unspecified atom stereocenters. The summed E-state index contributed by atoms with van der Waals surface area (Å²) in [4.78, 5) is 7.65. The van der Waals surface area contributed by atoms with Crippen LogP contribution in [-0.2, 0) is 6.54 Å². The predicted molar refractivity (Wildman–Crippen MR) is 80.2 cm³/mol. The molecular formula is C16H18ClN3. The lowest BCUT2D eigenvalue weighted by Gasteiger charge is -2.38. The number of benzene rings is 1. The molecule has 1 aromatic heterocycles. The van der Waals surface area contributed by atoms with Crippen LogP contribution in [-0.4, -0.2) is 33.1 Å². The molecule has 2 fully saturated rings. The Morgan fingerprint density at radius 2 is 2.05 bits per heavy atom. The van der Waals surface area contributed by atoms with Crippen molar-refractivity contribution in [1.82, 2.24) is 14.5 Å². The Balaban J connectivity index is 1.58. The molecule has 0 amide bonds. The van der Waals surface area contributed by atoms with Crippen molar-refractivity contribution in [2.75, 3.05) is 6.54 Å². The standard InChI is InChI=1S/C16H18ClN3/c17-11-4-5-15-14(7-11)18-16-10-6-13(9-20(15)16)19(8-10)12-2-1-3-12/h4-5,7,10,12-13H,1-3,6,8-9H2. The van der Waals surface area contributed by atoms with Gasteiger partial charge in [0.05, 0.1) is 11.0 Å². The van der Waals surface area contributed by atoms with E-state index >= 15 is 0 Å². The molecule has 0 radical (unpaired) electrons. The molecule has 2 aliphatic heterocycles. The van der Waals surface area contributed by atoms with Crippen LogP contribution in [0.3, 0.4) is 0 Å². The fraction of sp³-hybridized carbons (Fsp3) is 0.562. The first-order valence-corrected chi connectivity index (χ1v) is 8.09. The van der Waals surface area contributed by atoms with Gasteiger partial charge in [0.2, 0.25) is 0 Å². The third kappa shape index (κ3) is 1.48. The van der Waals surface area contributed by atoms with Crippen molar-refractivity contribution in [2.45, 2.75) is 50.2 Å². The Morgan fingerprint density at radius 1 is 1.15 bits per heavy atom. The highest BCUT2D eigenvalue weighted by molar-refractivity contribution is 6.31. The third-order valence-corrected chi connectivity index (χ3v) is 5.73. The molecule has 2 aromatic rings. The van der Waals surface area contributed by atoms with E-state index in [1.165, 1.54) is 43.6 Å². The number of nitrogens with zero attached hydrogens (tertiary/aromatic N) is 3. The van der Waals surface area contributed by atoms with Gasteiger partial charge in [-0.2, -0.15) is 0 Å². The number of hydrogen-bond acceptors (Lipinski definition) is 2. The quantitative estimate of drug-likeness (QED) is 0.801. The van der Waals surface area contributed by atoms with E-state index in [2.05, 4.69) is 15.5 Å². The van der Waals surface area contributed by atoms with Gasteiger partial charge in [-0.1, -0.05) is 18.0 Å². The number of imidazole rings is 1. The summed E-state index contributed by atoms with van der Waals surface area (Å²) < 4.78 is 2.45. The second-order valence-corrected chi connectivity index (χ2v) is 7.02. The van der Waals surface area contributed by atoms with Crippen LogP contribution in [0.1, 0.15) is 37.4 Å². The summed E-state index contributed by atoms with van der Waals surface area (Å²) in [7, 11) is 0. The molecule has 3 aliphatic rings. The highest BCUT2D eigenvalue weighted by atomic mass is 35.5. The van der Waals surface area contributed by atoms with Gasteiger partial charge < -0.3 is 4.57 Å². The maximum atomic E-state index is 6.09. The lowest BCUT2D eigenvalue weighted by Crippen LogP contribution is -2.44. The monoisotopic (exact) mass is 287 g/mol. The molecule has 104 valence electrons. The summed E-state index contributed by atoms with van der Waals surface area (Å²) in [5.41, 5.74) is 2.32. The van der Waals surface area contributed by atoms with E-state index in [1.54, 1.807) is 0 Å². The van der Waals surface area contributed by atoms with E-state index in [-0.39, 0.29) is 0 Å². The molecule has 1 aliphatic carbocycles. The minimum absolute atomic E-state index is 0.625. The van der Waals surface area contributed by atoms with Gasteiger partial charge in [-0.25, -0.2) is 4.98 Å². The first-order chi connectivity index (χ1) is 9.79. The van der Waals surface area contributed by atoms with Crippen molar-refractivity contribution in [3.8, 4) is 0 Å². The van der Waals surface area contributed by atoms with Crippen molar-refractivity contribution in [1.29, 1.82) is 0 Å². The Bertz CT molecular complexity index is 688. The van der Waals surface area contributed by atoms with E-state index in [4.69, 9.17) is 16.6 Å². The Labute approximate surface area is 123 Å². The van der Waals surface area contributed by atoms with Crippen LogP contribution in [0.5, 0.6) is 0 Å². The number of hydrogen-bond donors (Lipinski definition) is 0. The summed E-state index contributed by atoms with van der Waals surface area (Å²) in [6, 6.07) is 7.70. The zero-order chi connectivity index (χ0) is 13.3. The van der Waals surface area contributed by atoms with Gasteiger partial charge in [0.25, 0.3) is 0 Å². The zero-order valence-electron chi connectivity index (χ0n) is 11.4. The Kier molecular flexibility index (Phi) is 2.31. The van der Waals surface area contributed by atoms with Crippen molar-refractivity contribution < 1.29 is 0 Å². The van der Waals surface area contributed by atoms with Gasteiger partial charge in [-0.05, 0) is 37.5 Å². The average Bonchev–Trinajstić information content (AvgIpc) is 2.88. The number of rotatable bonds is 1. The van der Waals surface area contributed by atoms with Crippen molar-refractivity contribution in [3.05, 3.63) is 29.0 Å². The summed E-state index contributed by atoms with van der Waals surface area (Å²) >= 11 is 6.09. The Morgan fingerprint density at radius 3 is 2.85 bits per heavy atom. The molecular weight excluding hydrogens is 270 g/mol. The molecule has 0 spiro atoms. The van der Waals surface area contributed by atoms with Crippen molar-refractivity contribution >= 4 is 22.6 Å². The number of likely N-dealkylation sites (tertiary alicyclic amines) is 1. The number of fused-ring (bicyclic) bond motifs is 6. The molecule has 1 aromatic carbocycles. The van der Waals surface area contributed by atoms with E-state index in [0.29, 0.717) is 5.92 Å². The number of aromatic nitrogens is 2. The first kappa shape index (κ1) is 11.6. The van der Waals surface area contributed by atoms with E-state index in [1.807, 2.05) is 12.1 Å². The van der Waals surface area contributed by atoms with Crippen LogP contribution in [0.15, 0.2) is 18.2 Å². The Hall–Kier alpha value is -1.06. The van der Waals surface area contributed by atoms with Crippen molar-refractivity contribution in [3.63, 3.8) is 0 Å². The van der Waals surface area contributed by atoms with Gasteiger partial charge in [0, 0.05) is 36.1 Å². The van der Waals surface area contributed by atoms with Gasteiger partial charge in [-0.3, -0.25) is 4.90 Å². The summed E-state index contributed by atoms with van der Waals surface area (Å²) in [5, 5.41) is 0.786. The maximum absolute atomic E-state index is 6.09. The van der Waals surface area contributed by atoms with Gasteiger partial charge >= 0.3 is 0 Å². The zero-order valence-corrected chi connectivity index (χ0v) is 12.2. The number of halogens is 1. The van der Waals surface area contributed by atoms with Crippen LogP contribution in [0, 0.1) is 0 Å². The topological polar surface area (TPSA) is 21.1 Å². The molecule has 2 atom stereocenters. The van der Waals surface area contributed by atoms with Crippen molar-refractivity contribution in [2.24, 2.45) is 0 Å². The highest BCUT2D eigenvalue weighted by Crippen LogP contribution is 2.42. The van der Waals surface area contributed by atoms with Gasteiger partial charge in [-0.15, -0.1) is 0 Å². The van der Waals surface area contributed by atoms with Gasteiger partial charge in [0.1, 0.15) is 5.82 Å². The molecule has 3 nitrogen and oxygen atoms in total. The van der Waals surface area contributed by atoms with Crippen LogP contribution >= 0.6 is 11.6 Å². The molecule has 5 rings (SSSR count). The predicted octanol–water partition coefficient (Wildman–Crippen LogP) is 3.41. The summed E-state index contributed by atoms with van der Waals surface area (Å²) in [5.74, 6) is 1.92.